The van der Waals surface area contributed by atoms with E-state index in [1.54, 1.807) is 6.92 Å². The Bertz CT molecular complexity index is 552. The van der Waals surface area contributed by atoms with Crippen LogP contribution < -0.4 is 103 Å². The van der Waals surface area contributed by atoms with E-state index in [-0.39, 0.29) is 108 Å². The molecule has 84 valence electrons. The molecule has 0 saturated heterocycles. The van der Waals surface area contributed by atoms with E-state index in [0.29, 0.717) is 0 Å². The molecule has 0 saturated carbocycles. The maximum absolute atomic E-state index is 11.2. The second-order valence-electron chi connectivity index (χ2n) is 2.79. The van der Waals surface area contributed by atoms with Crippen molar-refractivity contribution in [2.45, 2.75) is 11.8 Å². The van der Waals surface area contributed by atoms with Crippen LogP contribution in [0.25, 0.3) is 4.13 Å². The van der Waals surface area contributed by atoms with Crippen molar-refractivity contribution in [3.8, 4) is 0 Å². The zero-order valence-corrected chi connectivity index (χ0v) is 17.5. The van der Waals surface area contributed by atoms with Crippen molar-refractivity contribution >= 4 is 20.3 Å². The summed E-state index contributed by atoms with van der Waals surface area (Å²) in [6.45, 7) is 1.73. The maximum Gasteiger partial charge on any atom is 1.00 e. The van der Waals surface area contributed by atoms with Gasteiger partial charge in [-0.05, 0) is 19.1 Å². The Morgan fingerprint density at radius 2 is 1.41 bits per heavy atom. The first-order chi connectivity index (χ1) is 6.71. The first-order valence-electron chi connectivity index (χ1n) is 3.72. The molecule has 17 heavy (non-hydrogen) atoms. The molecule has 0 atom stereocenters. The minimum absolute atomic E-state index is 0. The SMILES string of the molecule is Cc1ccc(S(=O)(=O)[N-]S(=O)(=O)[O-])cc1.[K+].[K+]. The minimum Gasteiger partial charge on any atom is -0.763 e. The number of hydrogen-bond acceptors (Lipinski definition) is 5. The van der Waals surface area contributed by atoms with Crippen LogP contribution in [-0.2, 0) is 20.3 Å². The van der Waals surface area contributed by atoms with Gasteiger partial charge in [0.25, 0.3) is 0 Å². The summed E-state index contributed by atoms with van der Waals surface area (Å²) in [5.41, 5.74) is 0.805. The summed E-state index contributed by atoms with van der Waals surface area (Å²) >= 11 is 0. The second-order valence-corrected chi connectivity index (χ2v) is 5.66. The summed E-state index contributed by atoms with van der Waals surface area (Å²) in [6.07, 6.45) is 0. The second kappa shape index (κ2) is 8.57. The van der Waals surface area contributed by atoms with Crippen molar-refractivity contribution in [1.29, 1.82) is 0 Å². The summed E-state index contributed by atoms with van der Waals surface area (Å²) in [7, 11) is -9.56. The monoisotopic (exact) mass is 327 g/mol. The van der Waals surface area contributed by atoms with Crippen LogP contribution in [0.1, 0.15) is 5.56 Å². The van der Waals surface area contributed by atoms with Crippen LogP contribution in [0.5, 0.6) is 0 Å². The largest absolute Gasteiger partial charge is 1.00 e. The maximum atomic E-state index is 11.2. The zero-order chi connectivity index (χ0) is 11.7. The molecular weight excluding hydrogens is 320 g/mol. The number of sulfonamides is 1. The minimum atomic E-state index is -5.15. The quantitative estimate of drug-likeness (QED) is 0.407. The molecule has 1 aromatic rings. The third kappa shape index (κ3) is 8.24. The molecule has 0 unspecified atom stereocenters. The van der Waals surface area contributed by atoms with E-state index in [1.165, 1.54) is 24.3 Å². The van der Waals surface area contributed by atoms with Crippen LogP contribution in [0, 0.1) is 6.92 Å². The first-order valence-corrected chi connectivity index (χ1v) is 6.53. The normalized spacial score (nSPS) is 11.2. The van der Waals surface area contributed by atoms with Crippen molar-refractivity contribution in [3.63, 3.8) is 0 Å². The van der Waals surface area contributed by atoms with E-state index in [0.717, 1.165) is 5.56 Å². The predicted octanol–water partition coefficient (Wildman–Crippen LogP) is -5.47. The molecule has 0 aliphatic rings. The van der Waals surface area contributed by atoms with Gasteiger partial charge in [-0.2, -0.15) is 0 Å². The summed E-state index contributed by atoms with van der Waals surface area (Å²) in [6, 6.07) is 5.30. The molecule has 0 heterocycles. The third-order valence-corrected chi connectivity index (χ3v) is 3.89. The first kappa shape index (κ1) is 21.6. The molecule has 1 aromatic carbocycles. The summed E-state index contributed by atoms with van der Waals surface area (Å²) in [5, 5.41) is 0. The van der Waals surface area contributed by atoms with Crippen molar-refractivity contribution in [3.05, 3.63) is 34.0 Å². The average molecular weight is 327 g/mol. The Hall–Kier alpha value is 2.31. The fraction of sp³-hybridized carbons (Fsp3) is 0.143. The van der Waals surface area contributed by atoms with E-state index in [2.05, 4.69) is 4.13 Å². The smallest absolute Gasteiger partial charge is 0.763 e. The summed E-state index contributed by atoms with van der Waals surface area (Å²) in [4.78, 5) is -0.326. The standard InChI is InChI=1S/C7H8NO5S2.2K/c1-6-2-4-7(5-3-6)14(9,10)8-15(11,12)13;;/h2-5H,1H3,(H,11,12,13);;/q-1;2*+1/p-1. The Morgan fingerprint density at radius 1 is 1.00 bits per heavy atom. The molecule has 0 aliphatic heterocycles. The molecule has 0 aliphatic carbocycles. The number of hydrogen-bond donors (Lipinski definition) is 0. The molecule has 10 heteroatoms. The number of aryl methyl sites for hydroxylation is 1. The fourth-order valence-corrected chi connectivity index (χ4v) is 2.66. The zero-order valence-electron chi connectivity index (χ0n) is 9.61. The van der Waals surface area contributed by atoms with Gasteiger partial charge in [0.1, 0.15) is 10.0 Å². The Morgan fingerprint density at radius 3 is 1.76 bits per heavy atom. The van der Waals surface area contributed by atoms with E-state index in [4.69, 9.17) is 0 Å². The Labute approximate surface area is 186 Å². The van der Waals surface area contributed by atoms with Gasteiger partial charge in [0.15, 0.2) is 0 Å². The van der Waals surface area contributed by atoms with Crippen LogP contribution in [0.3, 0.4) is 0 Å². The van der Waals surface area contributed by atoms with Crippen LogP contribution in [0.15, 0.2) is 29.2 Å². The Kier molecular flexibility index (Phi) is 10.9. The van der Waals surface area contributed by atoms with Crippen molar-refractivity contribution in [2.75, 3.05) is 0 Å². The van der Waals surface area contributed by atoms with Crippen molar-refractivity contribution < 1.29 is 124 Å². The van der Waals surface area contributed by atoms with E-state index >= 15 is 0 Å². The molecule has 0 N–H and O–H groups in total. The van der Waals surface area contributed by atoms with Crippen LogP contribution >= 0.6 is 0 Å². The fourth-order valence-electron chi connectivity index (χ4n) is 0.873. The Balaban J connectivity index is 0. The molecule has 0 radical (unpaired) electrons. The van der Waals surface area contributed by atoms with Gasteiger partial charge >= 0.3 is 103 Å². The van der Waals surface area contributed by atoms with Gasteiger partial charge < -0.3 is 8.68 Å². The van der Waals surface area contributed by atoms with Gasteiger partial charge in [0.2, 0.25) is 0 Å². The van der Waals surface area contributed by atoms with Crippen molar-refractivity contribution in [2.24, 2.45) is 0 Å². The molecular formula is C7H7K2NO5S2. The number of benzene rings is 1. The molecule has 0 spiro atoms. The molecule has 0 aromatic heterocycles. The van der Waals surface area contributed by atoms with E-state index < -0.39 is 20.3 Å². The number of nitrogens with zero attached hydrogens (tertiary/aromatic N) is 1. The molecule has 0 fully saturated rings. The molecule has 1 rings (SSSR count). The van der Waals surface area contributed by atoms with Gasteiger partial charge in [0, 0.05) is 15.2 Å². The molecule has 0 bridgehead atoms. The van der Waals surface area contributed by atoms with Gasteiger partial charge in [-0.1, -0.05) is 17.7 Å². The summed E-state index contributed by atoms with van der Waals surface area (Å²) < 4.78 is 55.2. The third-order valence-electron chi connectivity index (χ3n) is 1.51. The molecule has 0 amide bonds. The summed E-state index contributed by atoms with van der Waals surface area (Å²) in [5.74, 6) is 0. The van der Waals surface area contributed by atoms with Crippen LogP contribution in [0.2, 0.25) is 0 Å². The number of rotatable bonds is 3. The average Bonchev–Trinajstić information content (AvgIpc) is 2.00. The van der Waals surface area contributed by atoms with Gasteiger partial charge in [-0.15, -0.1) is 0 Å². The van der Waals surface area contributed by atoms with E-state index in [9.17, 15) is 21.4 Å². The van der Waals surface area contributed by atoms with Crippen LogP contribution in [-0.4, -0.2) is 21.4 Å². The molecule has 6 nitrogen and oxygen atoms in total. The van der Waals surface area contributed by atoms with Crippen LogP contribution in [0.4, 0.5) is 0 Å². The van der Waals surface area contributed by atoms with E-state index in [1.807, 2.05) is 0 Å². The topological polar surface area (TPSA) is 105 Å². The van der Waals surface area contributed by atoms with Gasteiger partial charge in [-0.25, -0.2) is 8.42 Å². The predicted molar refractivity (Wildman–Crippen MR) is 51.4 cm³/mol. The van der Waals surface area contributed by atoms with Gasteiger partial charge in [0.05, 0.1) is 0 Å². The van der Waals surface area contributed by atoms with Gasteiger partial charge in [-0.3, -0.25) is 8.42 Å². The van der Waals surface area contributed by atoms with Crippen molar-refractivity contribution in [1.82, 2.24) is 0 Å².